The summed E-state index contributed by atoms with van der Waals surface area (Å²) >= 11 is 0. The largest absolute Gasteiger partial charge is 0.490 e. The van der Waals surface area contributed by atoms with Gasteiger partial charge in [0.1, 0.15) is 0 Å². The van der Waals surface area contributed by atoms with Gasteiger partial charge >= 0.3 is 18.3 Å². The van der Waals surface area contributed by atoms with Crippen LogP contribution >= 0.6 is 0 Å². The van der Waals surface area contributed by atoms with Crippen molar-refractivity contribution in [3.63, 3.8) is 0 Å². The summed E-state index contributed by atoms with van der Waals surface area (Å²) in [7, 11) is 0. The number of hydrogen-bond donors (Lipinski definition) is 2. The Morgan fingerprint density at radius 2 is 1.69 bits per heavy atom. The van der Waals surface area contributed by atoms with E-state index in [2.05, 4.69) is 5.32 Å². The molecule has 0 radical (unpaired) electrons. The highest BCUT2D eigenvalue weighted by molar-refractivity contribution is 5.73. The first-order valence-corrected chi connectivity index (χ1v) is 7.41. The van der Waals surface area contributed by atoms with E-state index in [0.717, 1.165) is 25.2 Å². The standard InChI is InChI=1S/C13H13F4NO.C2HF3O2/c14-11-3-7(13(15,16)17)1-2-12(11)19-6-10-8-4-18-5-9(8)10;3-2(4,5)1(6)7/h1-3,8-10,18H,4-6H2;(H,6,7)/t8-,9+,10?;. The normalized spacial score (nSPS) is 24.3. The molecule has 146 valence electrons. The molecule has 2 fully saturated rings. The fourth-order valence-electron chi connectivity index (χ4n) is 2.77. The minimum absolute atomic E-state index is 0.106. The minimum atomic E-state index is -5.08. The molecule has 0 amide bonds. The molecule has 3 atom stereocenters. The van der Waals surface area contributed by atoms with Crippen LogP contribution < -0.4 is 10.1 Å². The lowest BCUT2D eigenvalue weighted by Gasteiger charge is -2.11. The molecule has 3 rings (SSSR count). The fraction of sp³-hybridized carbons (Fsp3) is 0.533. The molecule has 4 nitrogen and oxygen atoms in total. The molecular weight excluding hydrogens is 375 g/mol. The summed E-state index contributed by atoms with van der Waals surface area (Å²) < 4.78 is 87.6. The Hall–Kier alpha value is -2.04. The van der Waals surface area contributed by atoms with Gasteiger partial charge in [0.2, 0.25) is 0 Å². The van der Waals surface area contributed by atoms with Crippen molar-refractivity contribution in [1.29, 1.82) is 0 Å². The van der Waals surface area contributed by atoms with Gasteiger partial charge in [0.25, 0.3) is 0 Å². The lowest BCUT2D eigenvalue weighted by atomic mass is 10.2. The van der Waals surface area contributed by atoms with Gasteiger partial charge < -0.3 is 15.2 Å². The number of aliphatic carboxylic acids is 1. The van der Waals surface area contributed by atoms with Crippen LogP contribution in [0.15, 0.2) is 18.2 Å². The predicted molar refractivity (Wildman–Crippen MR) is 73.9 cm³/mol. The Balaban J connectivity index is 0.000000298. The van der Waals surface area contributed by atoms with Gasteiger partial charge in [-0.05, 0) is 43.1 Å². The van der Waals surface area contributed by atoms with Gasteiger partial charge in [0.05, 0.1) is 12.2 Å². The molecule has 1 aliphatic heterocycles. The quantitative estimate of drug-likeness (QED) is 0.779. The fourth-order valence-corrected chi connectivity index (χ4v) is 2.77. The molecule has 26 heavy (non-hydrogen) atoms. The van der Waals surface area contributed by atoms with Crippen molar-refractivity contribution in [2.45, 2.75) is 12.4 Å². The van der Waals surface area contributed by atoms with E-state index in [1.165, 1.54) is 0 Å². The van der Waals surface area contributed by atoms with Crippen molar-refractivity contribution in [2.24, 2.45) is 17.8 Å². The van der Waals surface area contributed by atoms with Crippen molar-refractivity contribution >= 4 is 5.97 Å². The zero-order valence-electron chi connectivity index (χ0n) is 13.0. The maximum Gasteiger partial charge on any atom is 0.490 e. The minimum Gasteiger partial charge on any atom is -0.490 e. The number of carboxylic acids is 1. The second-order valence-electron chi connectivity index (χ2n) is 5.91. The monoisotopic (exact) mass is 389 g/mol. The van der Waals surface area contributed by atoms with Crippen molar-refractivity contribution in [3.8, 4) is 5.75 Å². The predicted octanol–water partition coefficient (Wildman–Crippen LogP) is 3.32. The summed E-state index contributed by atoms with van der Waals surface area (Å²) in [6.45, 7) is 2.28. The third kappa shape index (κ3) is 4.99. The number of halogens is 7. The molecule has 1 aliphatic carbocycles. The number of hydrogen-bond acceptors (Lipinski definition) is 3. The highest BCUT2D eigenvalue weighted by Crippen LogP contribution is 2.48. The van der Waals surface area contributed by atoms with Crippen molar-refractivity contribution in [2.75, 3.05) is 19.7 Å². The van der Waals surface area contributed by atoms with Crippen LogP contribution in [0.1, 0.15) is 5.56 Å². The Labute approximate surface area is 142 Å². The molecule has 2 N–H and O–H groups in total. The molecule has 0 bridgehead atoms. The molecule has 1 unspecified atom stereocenters. The van der Waals surface area contributed by atoms with Gasteiger partial charge in [0, 0.05) is 5.92 Å². The Bertz CT molecular complexity index is 650. The zero-order chi connectivity index (χ0) is 19.7. The van der Waals surface area contributed by atoms with E-state index >= 15 is 0 Å². The molecule has 1 heterocycles. The first kappa shape index (κ1) is 20.3. The number of benzene rings is 1. The number of nitrogens with one attached hydrogen (secondary N) is 1. The lowest BCUT2D eigenvalue weighted by Crippen LogP contribution is -2.21. The smallest absolute Gasteiger partial charge is 0.490 e. The molecule has 1 saturated carbocycles. The van der Waals surface area contributed by atoms with E-state index in [9.17, 15) is 30.7 Å². The number of fused-ring (bicyclic) bond motifs is 1. The SMILES string of the molecule is Fc1cc(C(F)(F)F)ccc1OCC1[C@H]2CNC[C@@H]12.O=C(O)C(F)(F)F. The van der Waals surface area contributed by atoms with E-state index in [4.69, 9.17) is 14.6 Å². The highest BCUT2D eigenvalue weighted by Gasteiger charge is 2.53. The molecule has 2 aliphatic rings. The molecule has 0 spiro atoms. The van der Waals surface area contributed by atoms with Gasteiger partial charge in [0.15, 0.2) is 11.6 Å². The first-order valence-electron chi connectivity index (χ1n) is 7.41. The maximum atomic E-state index is 13.5. The van der Waals surface area contributed by atoms with Crippen LogP contribution in [0.25, 0.3) is 0 Å². The number of carbonyl (C=O) groups is 1. The molecular formula is C15H14F7NO3. The van der Waals surface area contributed by atoms with Crippen molar-refractivity contribution in [3.05, 3.63) is 29.6 Å². The molecule has 1 saturated heterocycles. The third-order valence-corrected chi connectivity index (χ3v) is 4.20. The van der Waals surface area contributed by atoms with Gasteiger partial charge in [-0.25, -0.2) is 9.18 Å². The average Bonchev–Trinajstić information content (AvgIpc) is 2.93. The van der Waals surface area contributed by atoms with Gasteiger partial charge in [-0.2, -0.15) is 26.3 Å². The zero-order valence-corrected chi connectivity index (χ0v) is 13.0. The molecule has 1 aromatic rings. The molecule has 11 heteroatoms. The number of rotatable bonds is 3. The first-order chi connectivity index (χ1) is 11.9. The third-order valence-electron chi connectivity index (χ3n) is 4.20. The number of piperidine rings is 1. The van der Waals surface area contributed by atoms with E-state index in [-0.39, 0.29) is 5.75 Å². The average molecular weight is 389 g/mol. The topological polar surface area (TPSA) is 58.6 Å². The second kappa shape index (κ2) is 7.29. The summed E-state index contributed by atoms with van der Waals surface area (Å²) in [4.78, 5) is 8.90. The summed E-state index contributed by atoms with van der Waals surface area (Å²) in [5, 5.41) is 10.4. The Morgan fingerprint density at radius 1 is 1.15 bits per heavy atom. The van der Waals surface area contributed by atoms with Gasteiger partial charge in [-0.3, -0.25) is 0 Å². The Kier molecular flexibility index (Phi) is 5.69. The van der Waals surface area contributed by atoms with E-state index < -0.39 is 29.7 Å². The molecule has 0 aromatic heterocycles. The van der Waals surface area contributed by atoms with E-state index in [0.29, 0.717) is 30.4 Å². The molecule has 1 aromatic carbocycles. The second-order valence-corrected chi connectivity index (χ2v) is 5.91. The van der Waals surface area contributed by atoms with Crippen LogP contribution in [0.3, 0.4) is 0 Å². The number of carboxylic acid groups (broad SMARTS) is 1. The van der Waals surface area contributed by atoms with Gasteiger partial charge in [-0.1, -0.05) is 0 Å². The van der Waals surface area contributed by atoms with Crippen LogP contribution in [0.4, 0.5) is 30.7 Å². The van der Waals surface area contributed by atoms with Crippen LogP contribution in [0, 0.1) is 23.6 Å². The van der Waals surface area contributed by atoms with Crippen LogP contribution in [0.5, 0.6) is 5.75 Å². The van der Waals surface area contributed by atoms with Crippen molar-refractivity contribution < 1.29 is 45.4 Å². The summed E-state index contributed by atoms with van der Waals surface area (Å²) in [6.07, 6.45) is -9.61. The van der Waals surface area contributed by atoms with Crippen LogP contribution in [-0.4, -0.2) is 36.9 Å². The highest BCUT2D eigenvalue weighted by atomic mass is 19.4. The summed E-state index contributed by atoms with van der Waals surface area (Å²) in [5.41, 5.74) is -0.996. The maximum absolute atomic E-state index is 13.5. The Morgan fingerprint density at radius 3 is 2.12 bits per heavy atom. The van der Waals surface area contributed by atoms with E-state index in [1.54, 1.807) is 0 Å². The summed E-state index contributed by atoms with van der Waals surface area (Å²) in [5.74, 6) is -2.25. The number of alkyl halides is 6. The lowest BCUT2D eigenvalue weighted by molar-refractivity contribution is -0.192. The van der Waals surface area contributed by atoms with Crippen LogP contribution in [-0.2, 0) is 11.0 Å². The van der Waals surface area contributed by atoms with Crippen molar-refractivity contribution in [1.82, 2.24) is 5.32 Å². The number of ether oxygens (including phenoxy) is 1. The van der Waals surface area contributed by atoms with Crippen LogP contribution in [0.2, 0.25) is 0 Å². The summed E-state index contributed by atoms with van der Waals surface area (Å²) in [6, 6.07) is 2.37. The van der Waals surface area contributed by atoms with Gasteiger partial charge in [-0.15, -0.1) is 0 Å². The van der Waals surface area contributed by atoms with E-state index in [1.807, 2.05) is 0 Å².